The first-order valence-corrected chi connectivity index (χ1v) is 8.46. The molecule has 1 amide bonds. The van der Waals surface area contributed by atoms with Crippen LogP contribution in [0, 0.1) is 13.8 Å². The number of hydrogen-bond acceptors (Lipinski definition) is 4. The molecule has 0 spiro atoms. The molecule has 5 heteroatoms. The number of amides is 1. The second-order valence-corrected chi connectivity index (χ2v) is 7.12. The van der Waals surface area contributed by atoms with Gasteiger partial charge in [0, 0.05) is 9.75 Å². The van der Waals surface area contributed by atoms with Crippen molar-refractivity contribution in [2.45, 2.75) is 46.4 Å². The van der Waals surface area contributed by atoms with E-state index < -0.39 is 6.10 Å². The molecule has 1 aromatic carbocycles. The standard InChI is InChI=1S/C18H23NO3S/c1-11-8-17(14(4)23-11)12(2)19-18(21)13(3)22-16-7-5-6-15(9-16)10-20/h5-9,12-13,20H,10H2,1-4H3,(H,19,21). The van der Waals surface area contributed by atoms with Crippen LogP contribution in [0.2, 0.25) is 0 Å². The van der Waals surface area contributed by atoms with Crippen LogP contribution in [0.25, 0.3) is 0 Å². The zero-order chi connectivity index (χ0) is 17.0. The van der Waals surface area contributed by atoms with E-state index in [0.29, 0.717) is 5.75 Å². The second kappa shape index (κ2) is 7.62. The van der Waals surface area contributed by atoms with E-state index in [1.165, 1.54) is 9.75 Å². The maximum absolute atomic E-state index is 12.3. The minimum atomic E-state index is -0.605. The highest BCUT2D eigenvalue weighted by Gasteiger charge is 2.19. The molecule has 2 atom stereocenters. The first kappa shape index (κ1) is 17.5. The fraction of sp³-hybridized carbons (Fsp3) is 0.389. The van der Waals surface area contributed by atoms with Gasteiger partial charge < -0.3 is 15.2 Å². The molecule has 2 aromatic rings. The Morgan fingerprint density at radius 2 is 2.04 bits per heavy atom. The van der Waals surface area contributed by atoms with E-state index >= 15 is 0 Å². The van der Waals surface area contributed by atoms with Crippen LogP contribution in [-0.4, -0.2) is 17.1 Å². The lowest BCUT2D eigenvalue weighted by Crippen LogP contribution is -2.37. The van der Waals surface area contributed by atoms with Crippen molar-refractivity contribution < 1.29 is 14.6 Å². The topological polar surface area (TPSA) is 58.6 Å². The first-order chi connectivity index (χ1) is 10.9. The van der Waals surface area contributed by atoms with Crippen LogP contribution in [-0.2, 0) is 11.4 Å². The molecule has 0 aliphatic rings. The van der Waals surface area contributed by atoms with Gasteiger partial charge in [-0.3, -0.25) is 4.79 Å². The molecule has 0 fully saturated rings. The van der Waals surface area contributed by atoms with Gasteiger partial charge >= 0.3 is 0 Å². The number of ether oxygens (including phenoxy) is 1. The van der Waals surface area contributed by atoms with Crippen LogP contribution >= 0.6 is 11.3 Å². The van der Waals surface area contributed by atoms with Crippen molar-refractivity contribution in [3.8, 4) is 5.75 Å². The third-order valence-corrected chi connectivity index (χ3v) is 4.65. The summed E-state index contributed by atoms with van der Waals surface area (Å²) >= 11 is 1.73. The molecule has 0 aliphatic heterocycles. The summed E-state index contributed by atoms with van der Waals surface area (Å²) in [5.74, 6) is 0.421. The van der Waals surface area contributed by atoms with Crippen molar-refractivity contribution in [1.82, 2.24) is 5.32 Å². The zero-order valence-electron chi connectivity index (χ0n) is 13.9. The highest BCUT2D eigenvalue weighted by Crippen LogP contribution is 2.26. The van der Waals surface area contributed by atoms with E-state index in [-0.39, 0.29) is 18.6 Å². The normalized spacial score (nSPS) is 13.4. The Labute approximate surface area is 141 Å². The van der Waals surface area contributed by atoms with Gasteiger partial charge in [0.25, 0.3) is 5.91 Å². The lowest BCUT2D eigenvalue weighted by molar-refractivity contribution is -0.127. The van der Waals surface area contributed by atoms with E-state index in [1.54, 1.807) is 42.5 Å². The van der Waals surface area contributed by atoms with Gasteiger partial charge in [-0.2, -0.15) is 0 Å². The van der Waals surface area contributed by atoms with Crippen molar-refractivity contribution in [1.29, 1.82) is 0 Å². The van der Waals surface area contributed by atoms with Gasteiger partial charge in [0.2, 0.25) is 0 Å². The Bertz CT molecular complexity index is 681. The molecule has 0 saturated carbocycles. The maximum Gasteiger partial charge on any atom is 0.261 e. The predicted octanol–water partition coefficient (Wildman–Crippen LogP) is 3.50. The fourth-order valence-electron chi connectivity index (χ4n) is 2.46. The lowest BCUT2D eigenvalue weighted by atomic mass is 10.1. The number of nitrogens with one attached hydrogen (secondary N) is 1. The van der Waals surface area contributed by atoms with Gasteiger partial charge in [-0.05, 0) is 57.0 Å². The number of aliphatic hydroxyl groups is 1. The molecule has 1 aromatic heterocycles. The second-order valence-electron chi connectivity index (χ2n) is 5.66. The van der Waals surface area contributed by atoms with Crippen LogP contribution in [0.3, 0.4) is 0 Å². The average Bonchev–Trinajstić information content (AvgIpc) is 2.86. The highest BCUT2D eigenvalue weighted by atomic mass is 32.1. The van der Waals surface area contributed by atoms with E-state index in [9.17, 15) is 4.79 Å². The molecule has 0 aliphatic carbocycles. The van der Waals surface area contributed by atoms with Crippen LogP contribution in [0.5, 0.6) is 5.75 Å². The summed E-state index contributed by atoms with van der Waals surface area (Å²) in [7, 11) is 0. The van der Waals surface area contributed by atoms with E-state index in [2.05, 4.69) is 25.2 Å². The molecule has 4 nitrogen and oxygen atoms in total. The van der Waals surface area contributed by atoms with Crippen LogP contribution < -0.4 is 10.1 Å². The Balaban J connectivity index is 1.98. The number of rotatable bonds is 6. The number of carbonyl (C=O) groups is 1. The molecule has 2 N–H and O–H groups in total. The van der Waals surface area contributed by atoms with Crippen molar-refractivity contribution >= 4 is 17.2 Å². The molecule has 0 saturated heterocycles. The molecule has 2 rings (SSSR count). The minimum absolute atomic E-state index is 0.0500. The number of aliphatic hydroxyl groups excluding tert-OH is 1. The van der Waals surface area contributed by atoms with E-state index in [1.807, 2.05) is 6.92 Å². The van der Waals surface area contributed by atoms with Gasteiger partial charge in [-0.1, -0.05) is 12.1 Å². The van der Waals surface area contributed by atoms with Crippen molar-refractivity contribution in [2.24, 2.45) is 0 Å². The quantitative estimate of drug-likeness (QED) is 0.850. The highest BCUT2D eigenvalue weighted by molar-refractivity contribution is 7.12. The molecule has 2 unspecified atom stereocenters. The SMILES string of the molecule is Cc1cc(C(C)NC(=O)C(C)Oc2cccc(CO)c2)c(C)s1. The summed E-state index contributed by atoms with van der Waals surface area (Å²) in [6.07, 6.45) is -0.605. The van der Waals surface area contributed by atoms with Crippen LogP contribution in [0.15, 0.2) is 30.3 Å². The zero-order valence-corrected chi connectivity index (χ0v) is 14.7. The largest absolute Gasteiger partial charge is 0.481 e. The number of carbonyl (C=O) groups excluding carboxylic acids is 1. The predicted molar refractivity (Wildman–Crippen MR) is 92.8 cm³/mol. The van der Waals surface area contributed by atoms with E-state index in [4.69, 9.17) is 9.84 Å². The molecule has 124 valence electrons. The summed E-state index contributed by atoms with van der Waals surface area (Å²) < 4.78 is 5.67. The van der Waals surface area contributed by atoms with Gasteiger partial charge in [0.1, 0.15) is 5.75 Å². The molecule has 0 radical (unpaired) electrons. The third kappa shape index (κ3) is 4.56. The summed E-state index contributed by atoms with van der Waals surface area (Å²) in [6, 6.07) is 9.18. The van der Waals surface area contributed by atoms with Gasteiger partial charge in [-0.15, -0.1) is 11.3 Å². The average molecular weight is 333 g/mol. The minimum Gasteiger partial charge on any atom is -0.481 e. The van der Waals surface area contributed by atoms with E-state index in [0.717, 1.165) is 11.1 Å². The lowest BCUT2D eigenvalue weighted by Gasteiger charge is -2.19. The van der Waals surface area contributed by atoms with Crippen molar-refractivity contribution in [3.63, 3.8) is 0 Å². The Kier molecular flexibility index (Phi) is 5.80. The van der Waals surface area contributed by atoms with Gasteiger partial charge in [0.15, 0.2) is 6.10 Å². The maximum atomic E-state index is 12.3. The summed E-state index contributed by atoms with van der Waals surface area (Å²) in [6.45, 7) is 7.78. The molecule has 23 heavy (non-hydrogen) atoms. The monoisotopic (exact) mass is 333 g/mol. The van der Waals surface area contributed by atoms with Gasteiger partial charge in [-0.25, -0.2) is 0 Å². The molecular weight excluding hydrogens is 310 g/mol. The summed E-state index contributed by atoms with van der Waals surface area (Å²) in [5, 5.41) is 12.1. The fourth-order valence-corrected chi connectivity index (χ4v) is 3.49. The Morgan fingerprint density at radius 1 is 1.30 bits per heavy atom. The smallest absolute Gasteiger partial charge is 0.261 e. The third-order valence-electron chi connectivity index (χ3n) is 3.67. The van der Waals surface area contributed by atoms with Crippen LogP contribution in [0.4, 0.5) is 0 Å². The molecular formula is C18H23NO3S. The molecule has 0 bridgehead atoms. The van der Waals surface area contributed by atoms with Gasteiger partial charge in [0.05, 0.1) is 12.6 Å². The van der Waals surface area contributed by atoms with Crippen LogP contribution in [0.1, 0.15) is 40.8 Å². The van der Waals surface area contributed by atoms with Crippen molar-refractivity contribution in [2.75, 3.05) is 0 Å². The van der Waals surface area contributed by atoms with Crippen molar-refractivity contribution in [3.05, 3.63) is 51.2 Å². The number of hydrogen-bond donors (Lipinski definition) is 2. The molecule has 1 heterocycles. The first-order valence-electron chi connectivity index (χ1n) is 7.64. The number of thiophene rings is 1. The summed E-state index contributed by atoms with van der Waals surface area (Å²) in [5.41, 5.74) is 1.91. The summed E-state index contributed by atoms with van der Waals surface area (Å²) in [4.78, 5) is 14.8. The Hall–Kier alpha value is -1.85. The number of aryl methyl sites for hydroxylation is 2. The Morgan fingerprint density at radius 3 is 2.65 bits per heavy atom. The number of benzene rings is 1.